The number of fused-ring (bicyclic) bond motifs is 1. The number of rotatable bonds is 1. The molecule has 2 rings (SSSR count). The van der Waals surface area contributed by atoms with Crippen LogP contribution in [-0.4, -0.2) is 40.3 Å². The Morgan fingerprint density at radius 2 is 1.90 bits per heavy atom. The van der Waals surface area contributed by atoms with E-state index in [9.17, 15) is 14.7 Å². The molecule has 1 saturated carbocycles. The first-order valence-electron chi connectivity index (χ1n) is 7.28. The van der Waals surface area contributed by atoms with Gasteiger partial charge in [0.15, 0.2) is 0 Å². The molecule has 0 bridgehead atoms. The van der Waals surface area contributed by atoms with Gasteiger partial charge in [0, 0.05) is 12.6 Å². The zero-order chi connectivity index (χ0) is 15.3. The topological polar surface area (TPSA) is 66.8 Å². The van der Waals surface area contributed by atoms with Crippen molar-refractivity contribution in [2.75, 3.05) is 6.54 Å². The minimum absolute atomic E-state index is 0.0211. The van der Waals surface area contributed by atoms with E-state index in [0.717, 1.165) is 12.8 Å². The molecule has 1 amide bonds. The lowest BCUT2D eigenvalue weighted by Gasteiger charge is -2.62. The highest BCUT2D eigenvalue weighted by Crippen LogP contribution is 2.57. The average molecular weight is 283 g/mol. The Balaban J connectivity index is 2.17. The zero-order valence-electron chi connectivity index (χ0n) is 13.0. The fourth-order valence-electron chi connectivity index (χ4n) is 3.97. The predicted molar refractivity (Wildman–Crippen MR) is 74.4 cm³/mol. The van der Waals surface area contributed by atoms with Crippen molar-refractivity contribution in [3.05, 3.63) is 0 Å². The summed E-state index contributed by atoms with van der Waals surface area (Å²) >= 11 is 0. The third-order valence-corrected chi connectivity index (χ3v) is 4.56. The maximum Gasteiger partial charge on any atom is 0.410 e. The second kappa shape index (κ2) is 4.64. The largest absolute Gasteiger partial charge is 0.481 e. The van der Waals surface area contributed by atoms with Crippen LogP contribution in [0.15, 0.2) is 0 Å². The molecule has 1 saturated heterocycles. The monoisotopic (exact) mass is 283 g/mol. The molecule has 0 aromatic rings. The molecule has 2 fully saturated rings. The van der Waals surface area contributed by atoms with E-state index < -0.39 is 17.0 Å². The molecular weight excluding hydrogens is 258 g/mol. The summed E-state index contributed by atoms with van der Waals surface area (Å²) < 4.78 is 5.46. The van der Waals surface area contributed by atoms with E-state index in [2.05, 4.69) is 0 Å². The first-order valence-corrected chi connectivity index (χ1v) is 7.28. The molecule has 20 heavy (non-hydrogen) atoms. The highest BCUT2D eigenvalue weighted by Gasteiger charge is 2.63. The minimum Gasteiger partial charge on any atom is -0.481 e. The van der Waals surface area contributed by atoms with Crippen LogP contribution >= 0.6 is 0 Å². The van der Waals surface area contributed by atoms with Crippen molar-refractivity contribution in [3.63, 3.8) is 0 Å². The van der Waals surface area contributed by atoms with E-state index in [1.54, 1.807) is 4.90 Å². The summed E-state index contributed by atoms with van der Waals surface area (Å²) in [6.45, 7) is 10.1. The molecule has 2 aliphatic rings. The van der Waals surface area contributed by atoms with Crippen LogP contribution in [0.1, 0.15) is 47.5 Å². The van der Waals surface area contributed by atoms with Crippen LogP contribution in [0.3, 0.4) is 0 Å². The van der Waals surface area contributed by atoms with E-state index in [0.29, 0.717) is 6.54 Å². The number of carbonyl (C=O) groups excluding carboxylic acids is 1. The van der Waals surface area contributed by atoms with Gasteiger partial charge in [0.25, 0.3) is 0 Å². The summed E-state index contributed by atoms with van der Waals surface area (Å²) in [6.07, 6.45) is 1.41. The number of carbonyl (C=O) groups is 2. The van der Waals surface area contributed by atoms with Gasteiger partial charge in [-0.25, -0.2) is 4.79 Å². The van der Waals surface area contributed by atoms with Crippen molar-refractivity contribution in [1.29, 1.82) is 0 Å². The van der Waals surface area contributed by atoms with Crippen molar-refractivity contribution >= 4 is 12.1 Å². The van der Waals surface area contributed by atoms with Gasteiger partial charge in [-0.3, -0.25) is 4.79 Å². The Bertz CT molecular complexity index is 424. The summed E-state index contributed by atoms with van der Waals surface area (Å²) in [5.41, 5.74) is -0.919. The minimum atomic E-state index is -0.748. The van der Waals surface area contributed by atoms with Gasteiger partial charge in [0.05, 0.1) is 5.92 Å². The Hall–Kier alpha value is -1.26. The molecule has 0 spiro atoms. The molecule has 1 aliphatic heterocycles. The number of hydrogen-bond donors (Lipinski definition) is 1. The van der Waals surface area contributed by atoms with Crippen molar-refractivity contribution in [3.8, 4) is 0 Å². The second-order valence-corrected chi connectivity index (χ2v) is 7.56. The quantitative estimate of drug-likeness (QED) is 0.803. The van der Waals surface area contributed by atoms with Crippen molar-refractivity contribution in [2.24, 2.45) is 17.3 Å². The van der Waals surface area contributed by atoms with Crippen molar-refractivity contribution < 1.29 is 19.4 Å². The fourth-order valence-corrected chi connectivity index (χ4v) is 3.97. The van der Waals surface area contributed by atoms with E-state index in [1.165, 1.54) is 0 Å². The Morgan fingerprint density at radius 1 is 1.30 bits per heavy atom. The highest BCUT2D eigenvalue weighted by atomic mass is 16.6. The smallest absolute Gasteiger partial charge is 0.410 e. The molecule has 3 atom stereocenters. The standard InChI is InChI=1S/C15H25NO4/c1-14(2,3)20-13(19)16-8-6-7-9-10(12(17)18)15(4,5)11(9)16/h9-11H,6-8H2,1-5H3,(H,17,18)/t9-,10-,11-/m1/s1. The number of aliphatic carboxylic acids is 1. The number of hydrogen-bond acceptors (Lipinski definition) is 3. The summed E-state index contributed by atoms with van der Waals surface area (Å²) in [5, 5.41) is 9.38. The third-order valence-electron chi connectivity index (χ3n) is 4.56. The third kappa shape index (κ3) is 2.38. The maximum absolute atomic E-state index is 12.3. The van der Waals surface area contributed by atoms with Crippen LogP contribution in [-0.2, 0) is 9.53 Å². The van der Waals surface area contributed by atoms with Gasteiger partial charge in [-0.2, -0.15) is 0 Å². The van der Waals surface area contributed by atoms with Crippen LogP contribution in [0.4, 0.5) is 4.79 Å². The van der Waals surface area contributed by atoms with E-state index in [4.69, 9.17) is 4.74 Å². The summed E-state index contributed by atoms with van der Waals surface area (Å²) in [6, 6.07) is -0.0211. The number of amides is 1. The predicted octanol–water partition coefficient (Wildman–Crippen LogP) is 2.74. The van der Waals surface area contributed by atoms with Gasteiger partial charge in [0.1, 0.15) is 5.60 Å². The Kier molecular flexibility index (Phi) is 3.51. The molecule has 1 heterocycles. The molecule has 5 nitrogen and oxygen atoms in total. The number of likely N-dealkylation sites (tertiary alicyclic amines) is 1. The van der Waals surface area contributed by atoms with Crippen LogP contribution in [0, 0.1) is 17.3 Å². The van der Waals surface area contributed by atoms with Crippen LogP contribution < -0.4 is 0 Å². The second-order valence-electron chi connectivity index (χ2n) is 7.56. The SMILES string of the molecule is CC(C)(C)OC(=O)N1CCC[C@@H]2[C@H](C(=O)O)C(C)(C)[C@@H]21. The molecule has 0 aromatic heterocycles. The van der Waals surface area contributed by atoms with E-state index >= 15 is 0 Å². The fraction of sp³-hybridized carbons (Fsp3) is 0.867. The molecular formula is C15H25NO4. The van der Waals surface area contributed by atoms with Gasteiger partial charge in [-0.1, -0.05) is 13.8 Å². The lowest BCUT2D eigenvalue weighted by atomic mass is 9.49. The Labute approximate surface area is 120 Å². The molecule has 5 heteroatoms. The van der Waals surface area contributed by atoms with Gasteiger partial charge < -0.3 is 14.7 Å². The lowest BCUT2D eigenvalue weighted by molar-refractivity contribution is -0.183. The summed E-state index contributed by atoms with van der Waals surface area (Å²) in [7, 11) is 0. The van der Waals surface area contributed by atoms with Crippen LogP contribution in [0.5, 0.6) is 0 Å². The van der Waals surface area contributed by atoms with E-state index in [-0.39, 0.29) is 24.0 Å². The van der Waals surface area contributed by atoms with Crippen LogP contribution in [0.2, 0.25) is 0 Å². The highest BCUT2D eigenvalue weighted by molar-refractivity contribution is 5.75. The first kappa shape index (κ1) is 15.1. The molecule has 114 valence electrons. The van der Waals surface area contributed by atoms with Gasteiger partial charge >= 0.3 is 12.1 Å². The summed E-state index contributed by atoms with van der Waals surface area (Å²) in [4.78, 5) is 25.5. The lowest BCUT2D eigenvalue weighted by Crippen LogP contribution is -2.70. The maximum atomic E-state index is 12.3. The number of carboxylic acid groups (broad SMARTS) is 1. The zero-order valence-corrected chi connectivity index (χ0v) is 13.0. The molecule has 0 unspecified atom stereocenters. The molecule has 0 radical (unpaired) electrons. The number of carboxylic acids is 1. The number of nitrogens with zero attached hydrogens (tertiary/aromatic N) is 1. The van der Waals surface area contributed by atoms with Gasteiger partial charge in [0.2, 0.25) is 0 Å². The van der Waals surface area contributed by atoms with E-state index in [1.807, 2.05) is 34.6 Å². The molecule has 1 aliphatic carbocycles. The normalized spacial score (nSPS) is 32.0. The summed E-state index contributed by atoms with van der Waals surface area (Å²) in [5.74, 6) is -1.05. The Morgan fingerprint density at radius 3 is 2.40 bits per heavy atom. The molecule has 0 aromatic carbocycles. The van der Waals surface area contributed by atoms with Gasteiger partial charge in [-0.05, 0) is 44.9 Å². The number of piperidine rings is 1. The average Bonchev–Trinajstić information content (AvgIpc) is 2.24. The van der Waals surface area contributed by atoms with Crippen molar-refractivity contribution in [1.82, 2.24) is 4.90 Å². The first-order chi connectivity index (χ1) is 9.05. The van der Waals surface area contributed by atoms with Crippen LogP contribution in [0.25, 0.3) is 0 Å². The van der Waals surface area contributed by atoms with Gasteiger partial charge in [-0.15, -0.1) is 0 Å². The van der Waals surface area contributed by atoms with Crippen molar-refractivity contribution in [2.45, 2.75) is 59.1 Å². The molecule has 1 N–H and O–H groups in total. The number of ether oxygens (including phenoxy) is 1.